The lowest BCUT2D eigenvalue weighted by Crippen LogP contribution is -2.29. The van der Waals surface area contributed by atoms with E-state index in [1.54, 1.807) is 0 Å². The van der Waals surface area contributed by atoms with E-state index in [0.29, 0.717) is 5.92 Å². The lowest BCUT2D eigenvalue weighted by atomic mass is 10.0. The van der Waals surface area contributed by atoms with Gasteiger partial charge in [-0.2, -0.15) is 12.6 Å². The Balaban J connectivity index is 2.55. The number of esters is 1. The van der Waals surface area contributed by atoms with Crippen molar-refractivity contribution in [2.24, 2.45) is 10.9 Å². The minimum atomic E-state index is -0.198. The summed E-state index contributed by atoms with van der Waals surface area (Å²) in [6.07, 6.45) is 10.2. The number of likely N-dealkylation sites (N-methyl/N-ethyl adjacent to an activating group) is 1. The Bertz CT molecular complexity index is 599. The Labute approximate surface area is 170 Å². The molecule has 1 rings (SSSR count). The van der Waals surface area contributed by atoms with Crippen molar-refractivity contribution >= 4 is 36.6 Å². The van der Waals surface area contributed by atoms with Gasteiger partial charge in [0, 0.05) is 19.8 Å². The molecule has 0 spiro atoms. The maximum Gasteiger partial charge on any atom is 0.325 e. The largest absolute Gasteiger partial charge is 0.461 e. The SMILES string of the molecule is CCC(C=Cc1ccc(N(C)CC(=O)OC(C)CCCS)cc1)CC=NC. The van der Waals surface area contributed by atoms with E-state index in [2.05, 4.69) is 48.8 Å². The third-order valence-corrected chi connectivity index (χ3v) is 4.79. The Hall–Kier alpha value is -1.75. The Morgan fingerprint density at radius 2 is 2.04 bits per heavy atom. The molecule has 0 aliphatic rings. The highest BCUT2D eigenvalue weighted by Crippen LogP contribution is 2.17. The molecule has 0 radical (unpaired) electrons. The second-order valence-corrected chi connectivity index (χ2v) is 7.27. The highest BCUT2D eigenvalue weighted by Gasteiger charge is 2.12. The molecule has 0 heterocycles. The van der Waals surface area contributed by atoms with Gasteiger partial charge >= 0.3 is 5.97 Å². The number of hydrogen-bond acceptors (Lipinski definition) is 5. The summed E-state index contributed by atoms with van der Waals surface area (Å²) in [5, 5.41) is 0. The number of ether oxygens (including phenoxy) is 1. The van der Waals surface area contributed by atoms with Crippen molar-refractivity contribution in [2.45, 2.75) is 45.6 Å². The molecule has 0 N–H and O–H groups in total. The van der Waals surface area contributed by atoms with Crippen LogP contribution in [0.5, 0.6) is 0 Å². The monoisotopic (exact) mass is 390 g/mol. The molecule has 1 aromatic carbocycles. The number of carbonyl (C=O) groups excluding carboxylic acids is 1. The number of allylic oxidation sites excluding steroid dienone is 1. The standard InChI is InChI=1S/C22H34N2O2S/c1-5-19(14-15-23-3)8-9-20-10-12-21(13-11-20)24(4)17-22(25)26-18(2)7-6-16-27/h8-13,15,18-19,27H,5-7,14,16-17H2,1-4H3. The van der Waals surface area contributed by atoms with Crippen LogP contribution in [0.15, 0.2) is 35.3 Å². The van der Waals surface area contributed by atoms with Gasteiger partial charge in [-0.05, 0) is 68.2 Å². The molecule has 0 aliphatic carbocycles. The van der Waals surface area contributed by atoms with Gasteiger partial charge in [0.05, 0.1) is 6.10 Å². The van der Waals surface area contributed by atoms with Gasteiger partial charge in [-0.25, -0.2) is 0 Å². The number of benzene rings is 1. The van der Waals surface area contributed by atoms with Gasteiger partial charge in [0.25, 0.3) is 0 Å². The van der Waals surface area contributed by atoms with Gasteiger partial charge in [-0.15, -0.1) is 0 Å². The molecule has 150 valence electrons. The first-order chi connectivity index (χ1) is 13.0. The van der Waals surface area contributed by atoms with Crippen LogP contribution >= 0.6 is 12.6 Å². The number of rotatable bonds is 12. The highest BCUT2D eigenvalue weighted by molar-refractivity contribution is 7.80. The lowest BCUT2D eigenvalue weighted by molar-refractivity contribution is -0.146. The van der Waals surface area contributed by atoms with Crippen LogP contribution in [0.1, 0.15) is 45.1 Å². The molecule has 5 heteroatoms. The molecular formula is C22H34N2O2S. The average molecular weight is 391 g/mol. The van der Waals surface area contributed by atoms with Crippen molar-refractivity contribution in [3.8, 4) is 0 Å². The third kappa shape index (κ3) is 9.66. The molecule has 0 bridgehead atoms. The second kappa shape index (κ2) is 13.4. The molecule has 0 amide bonds. The molecule has 0 aromatic heterocycles. The van der Waals surface area contributed by atoms with Crippen molar-refractivity contribution in [1.82, 2.24) is 0 Å². The van der Waals surface area contributed by atoms with Gasteiger partial charge in [0.1, 0.15) is 6.54 Å². The van der Waals surface area contributed by atoms with E-state index in [0.717, 1.165) is 42.7 Å². The molecule has 27 heavy (non-hydrogen) atoms. The first kappa shape index (κ1) is 23.3. The first-order valence-corrected chi connectivity index (χ1v) is 10.3. The van der Waals surface area contributed by atoms with Crippen LogP contribution in [0.3, 0.4) is 0 Å². The fraction of sp³-hybridized carbons (Fsp3) is 0.545. The van der Waals surface area contributed by atoms with Gasteiger partial charge in [-0.1, -0.05) is 31.2 Å². The van der Waals surface area contributed by atoms with Gasteiger partial charge in [0.2, 0.25) is 0 Å². The van der Waals surface area contributed by atoms with Crippen LogP contribution in [0.4, 0.5) is 5.69 Å². The summed E-state index contributed by atoms with van der Waals surface area (Å²) >= 11 is 4.18. The minimum absolute atomic E-state index is 0.0603. The molecule has 1 aromatic rings. The van der Waals surface area contributed by atoms with Crippen LogP contribution in [0.25, 0.3) is 6.08 Å². The van der Waals surface area contributed by atoms with E-state index in [9.17, 15) is 4.79 Å². The fourth-order valence-electron chi connectivity index (χ4n) is 2.69. The quantitative estimate of drug-likeness (QED) is 0.314. The van der Waals surface area contributed by atoms with Gasteiger partial charge in [-0.3, -0.25) is 4.79 Å². The van der Waals surface area contributed by atoms with Gasteiger partial charge < -0.3 is 14.6 Å². The summed E-state index contributed by atoms with van der Waals surface area (Å²) < 4.78 is 5.44. The number of thiol groups is 1. The van der Waals surface area contributed by atoms with E-state index in [1.165, 1.54) is 0 Å². The number of aliphatic imine (C=N–C) groups is 1. The molecular weight excluding hydrogens is 356 g/mol. The third-order valence-electron chi connectivity index (χ3n) is 4.48. The molecule has 0 fully saturated rings. The van der Waals surface area contributed by atoms with Crippen LogP contribution < -0.4 is 4.90 Å². The predicted molar refractivity (Wildman–Crippen MR) is 120 cm³/mol. The minimum Gasteiger partial charge on any atom is -0.461 e. The Morgan fingerprint density at radius 3 is 2.63 bits per heavy atom. The maximum absolute atomic E-state index is 12.1. The maximum atomic E-state index is 12.1. The summed E-state index contributed by atoms with van der Waals surface area (Å²) in [5.74, 6) is 1.13. The van der Waals surface area contributed by atoms with Crippen LogP contribution in [0.2, 0.25) is 0 Å². The summed E-state index contributed by atoms with van der Waals surface area (Å²) in [6, 6.07) is 8.21. The second-order valence-electron chi connectivity index (χ2n) is 6.82. The summed E-state index contributed by atoms with van der Waals surface area (Å²) in [7, 11) is 3.71. The number of nitrogens with zero attached hydrogens (tertiary/aromatic N) is 2. The first-order valence-electron chi connectivity index (χ1n) is 9.70. The average Bonchev–Trinajstić information content (AvgIpc) is 2.66. The molecule has 2 atom stereocenters. The number of carbonyl (C=O) groups is 1. The zero-order chi connectivity index (χ0) is 20.1. The van der Waals surface area contributed by atoms with Crippen LogP contribution in [-0.2, 0) is 9.53 Å². The van der Waals surface area contributed by atoms with Crippen LogP contribution in [-0.4, -0.2) is 44.7 Å². The van der Waals surface area contributed by atoms with Crippen molar-refractivity contribution in [1.29, 1.82) is 0 Å². The summed E-state index contributed by atoms with van der Waals surface area (Å²) in [5.41, 5.74) is 2.15. The zero-order valence-electron chi connectivity index (χ0n) is 17.1. The van der Waals surface area contributed by atoms with Crippen molar-refractivity contribution in [3.05, 3.63) is 35.9 Å². The summed E-state index contributed by atoms with van der Waals surface area (Å²) in [6.45, 7) is 4.36. The van der Waals surface area contributed by atoms with Crippen molar-refractivity contribution < 1.29 is 9.53 Å². The number of hydrogen-bond donors (Lipinski definition) is 1. The normalized spacial score (nSPS) is 13.8. The fourth-order valence-corrected chi connectivity index (χ4v) is 2.88. The summed E-state index contributed by atoms with van der Waals surface area (Å²) in [4.78, 5) is 18.0. The lowest BCUT2D eigenvalue weighted by Gasteiger charge is -2.20. The van der Waals surface area contributed by atoms with Crippen molar-refractivity contribution in [2.75, 3.05) is 31.3 Å². The number of anilines is 1. The van der Waals surface area contributed by atoms with E-state index >= 15 is 0 Å². The molecule has 0 saturated carbocycles. The smallest absolute Gasteiger partial charge is 0.325 e. The molecule has 2 unspecified atom stereocenters. The van der Waals surface area contributed by atoms with E-state index in [-0.39, 0.29) is 18.6 Å². The highest BCUT2D eigenvalue weighted by atomic mass is 32.1. The zero-order valence-corrected chi connectivity index (χ0v) is 18.0. The van der Waals surface area contributed by atoms with E-state index in [1.807, 2.05) is 44.3 Å². The van der Waals surface area contributed by atoms with E-state index < -0.39 is 0 Å². The van der Waals surface area contributed by atoms with Gasteiger partial charge in [0.15, 0.2) is 0 Å². The Morgan fingerprint density at radius 1 is 1.33 bits per heavy atom. The predicted octanol–water partition coefficient (Wildman–Crippen LogP) is 4.89. The van der Waals surface area contributed by atoms with Crippen molar-refractivity contribution in [3.63, 3.8) is 0 Å². The van der Waals surface area contributed by atoms with Crippen LogP contribution in [0, 0.1) is 5.92 Å². The molecule has 0 aliphatic heterocycles. The topological polar surface area (TPSA) is 41.9 Å². The van der Waals surface area contributed by atoms with E-state index in [4.69, 9.17) is 4.74 Å². The Kier molecular flexibility index (Phi) is 11.6. The molecule has 4 nitrogen and oxygen atoms in total. The molecule has 0 saturated heterocycles.